The van der Waals surface area contributed by atoms with Crippen molar-refractivity contribution in [2.45, 2.75) is 37.7 Å². The van der Waals surface area contributed by atoms with Crippen LogP contribution in [0.4, 0.5) is 0 Å². The van der Waals surface area contributed by atoms with Crippen molar-refractivity contribution in [3.63, 3.8) is 0 Å². The van der Waals surface area contributed by atoms with E-state index < -0.39 is 5.60 Å². The molecule has 0 aliphatic heterocycles. The highest BCUT2D eigenvalue weighted by Crippen LogP contribution is 2.30. The van der Waals surface area contributed by atoms with E-state index in [0.29, 0.717) is 18.7 Å². The van der Waals surface area contributed by atoms with Gasteiger partial charge >= 0.3 is 0 Å². The molecule has 0 radical (unpaired) electrons. The molecule has 0 spiro atoms. The van der Waals surface area contributed by atoms with Crippen LogP contribution in [0.2, 0.25) is 0 Å². The number of nitrogens with two attached hydrogens (primary N) is 1. The van der Waals surface area contributed by atoms with Crippen molar-refractivity contribution < 1.29 is 9.90 Å². The fraction of sp³-hybridized carbons (Fsp3) is 0.562. The van der Waals surface area contributed by atoms with Gasteiger partial charge in [0.2, 0.25) is 0 Å². The van der Waals surface area contributed by atoms with Gasteiger partial charge in [-0.25, -0.2) is 0 Å². The van der Waals surface area contributed by atoms with Gasteiger partial charge in [-0.3, -0.25) is 4.79 Å². The zero-order valence-electron chi connectivity index (χ0n) is 12.1. The minimum atomic E-state index is -0.691. The number of hydrogen-bond acceptors (Lipinski definition) is 3. The van der Waals surface area contributed by atoms with E-state index in [0.717, 1.165) is 37.7 Å². The molecule has 20 heavy (non-hydrogen) atoms. The van der Waals surface area contributed by atoms with Gasteiger partial charge in [0.15, 0.2) is 0 Å². The summed E-state index contributed by atoms with van der Waals surface area (Å²) in [4.78, 5) is 14.0. The summed E-state index contributed by atoms with van der Waals surface area (Å²) in [5.41, 5.74) is 6.62. The first-order valence-electron chi connectivity index (χ1n) is 7.31. The molecule has 1 aromatic carbocycles. The summed E-state index contributed by atoms with van der Waals surface area (Å²) in [5.74, 6) is -0.0374. The lowest BCUT2D eigenvalue weighted by molar-refractivity contribution is 0.0157. The van der Waals surface area contributed by atoms with Gasteiger partial charge in [-0.05, 0) is 43.5 Å². The number of aliphatic hydroxyl groups is 1. The van der Waals surface area contributed by atoms with Crippen molar-refractivity contribution in [2.24, 2.45) is 5.73 Å². The lowest BCUT2D eigenvalue weighted by Crippen LogP contribution is -2.42. The first kappa shape index (κ1) is 15.0. The Kier molecular flexibility index (Phi) is 4.78. The summed E-state index contributed by atoms with van der Waals surface area (Å²) >= 11 is 0. The largest absolute Gasteiger partial charge is 0.388 e. The van der Waals surface area contributed by atoms with Crippen LogP contribution in [0.25, 0.3) is 0 Å². The molecule has 2 rings (SSSR count). The number of rotatable bonds is 5. The van der Waals surface area contributed by atoms with Crippen molar-refractivity contribution in [3.05, 3.63) is 35.4 Å². The van der Waals surface area contributed by atoms with E-state index in [-0.39, 0.29) is 5.91 Å². The summed E-state index contributed by atoms with van der Waals surface area (Å²) in [6.45, 7) is 1.02. The van der Waals surface area contributed by atoms with Crippen LogP contribution in [0.1, 0.15) is 41.6 Å². The maximum absolute atomic E-state index is 12.3. The van der Waals surface area contributed by atoms with Crippen molar-refractivity contribution in [3.8, 4) is 0 Å². The van der Waals surface area contributed by atoms with Gasteiger partial charge in [0.1, 0.15) is 0 Å². The minimum Gasteiger partial charge on any atom is -0.388 e. The fourth-order valence-electron chi connectivity index (χ4n) is 2.91. The number of likely N-dealkylation sites (N-methyl/N-ethyl adjacent to an activating group) is 1. The predicted octanol–water partition coefficient (Wildman–Crippen LogP) is 1.56. The third-order valence-electron chi connectivity index (χ3n) is 4.05. The molecule has 0 atom stereocenters. The molecule has 0 aromatic heterocycles. The second-order valence-corrected chi connectivity index (χ2v) is 5.83. The first-order valence-corrected chi connectivity index (χ1v) is 7.31. The molecule has 1 aromatic rings. The minimum absolute atomic E-state index is 0.0374. The lowest BCUT2D eigenvalue weighted by atomic mass is 10.0. The summed E-state index contributed by atoms with van der Waals surface area (Å²) < 4.78 is 0. The van der Waals surface area contributed by atoms with E-state index in [1.54, 1.807) is 11.9 Å². The van der Waals surface area contributed by atoms with Crippen LogP contribution in [-0.2, 0) is 6.42 Å². The Morgan fingerprint density at radius 3 is 2.45 bits per heavy atom. The molecule has 1 amide bonds. The van der Waals surface area contributed by atoms with Gasteiger partial charge in [-0.1, -0.05) is 25.0 Å². The molecule has 0 bridgehead atoms. The molecule has 4 nitrogen and oxygen atoms in total. The number of amides is 1. The molecule has 0 saturated heterocycles. The molecule has 1 fully saturated rings. The van der Waals surface area contributed by atoms with Crippen LogP contribution in [-0.4, -0.2) is 41.7 Å². The summed E-state index contributed by atoms with van der Waals surface area (Å²) in [7, 11) is 1.76. The number of nitrogens with zero attached hydrogens (tertiary/aromatic N) is 1. The Labute approximate surface area is 120 Å². The number of carbonyl (C=O) groups excluding carboxylic acids is 1. The Morgan fingerprint density at radius 2 is 1.90 bits per heavy atom. The van der Waals surface area contributed by atoms with Crippen LogP contribution in [0.3, 0.4) is 0 Å². The van der Waals surface area contributed by atoms with Gasteiger partial charge in [-0.2, -0.15) is 0 Å². The number of hydrogen-bond donors (Lipinski definition) is 2. The van der Waals surface area contributed by atoms with Gasteiger partial charge < -0.3 is 15.7 Å². The molecular formula is C16H24N2O2. The zero-order valence-corrected chi connectivity index (χ0v) is 12.1. The average Bonchev–Trinajstić information content (AvgIpc) is 2.85. The monoisotopic (exact) mass is 276 g/mol. The third kappa shape index (κ3) is 3.58. The maximum Gasteiger partial charge on any atom is 0.253 e. The van der Waals surface area contributed by atoms with Crippen molar-refractivity contribution in [1.82, 2.24) is 4.90 Å². The Bertz CT molecular complexity index is 450. The number of benzene rings is 1. The Balaban J connectivity index is 1.99. The summed E-state index contributed by atoms with van der Waals surface area (Å²) in [5, 5.41) is 10.4. The molecule has 110 valence electrons. The van der Waals surface area contributed by atoms with Crippen LogP contribution >= 0.6 is 0 Å². The van der Waals surface area contributed by atoms with E-state index in [9.17, 15) is 9.90 Å². The third-order valence-corrected chi connectivity index (χ3v) is 4.05. The van der Waals surface area contributed by atoms with Gasteiger partial charge in [-0.15, -0.1) is 0 Å². The molecule has 0 heterocycles. The fourth-order valence-corrected chi connectivity index (χ4v) is 2.91. The Morgan fingerprint density at radius 1 is 1.30 bits per heavy atom. The average molecular weight is 276 g/mol. The zero-order chi connectivity index (χ0) is 14.6. The Hall–Kier alpha value is -1.39. The maximum atomic E-state index is 12.3. The van der Waals surface area contributed by atoms with E-state index >= 15 is 0 Å². The quantitative estimate of drug-likeness (QED) is 0.858. The van der Waals surface area contributed by atoms with E-state index in [4.69, 9.17) is 5.73 Å². The second kappa shape index (κ2) is 6.37. The van der Waals surface area contributed by atoms with E-state index in [2.05, 4.69) is 0 Å². The standard InChI is InChI=1S/C16H24N2O2/c1-18(12-16(20)9-2-3-10-16)15(19)14-6-4-13(5-7-14)8-11-17/h4-7,20H,2-3,8-12,17H2,1H3. The second-order valence-electron chi connectivity index (χ2n) is 5.83. The van der Waals surface area contributed by atoms with Crippen LogP contribution in [0.5, 0.6) is 0 Å². The smallest absolute Gasteiger partial charge is 0.253 e. The van der Waals surface area contributed by atoms with Crippen LogP contribution < -0.4 is 5.73 Å². The van der Waals surface area contributed by atoms with Gasteiger partial charge in [0, 0.05) is 19.2 Å². The van der Waals surface area contributed by atoms with Crippen molar-refractivity contribution >= 4 is 5.91 Å². The summed E-state index contributed by atoms with van der Waals surface area (Å²) in [6.07, 6.45) is 4.50. The summed E-state index contributed by atoms with van der Waals surface area (Å²) in [6, 6.07) is 7.56. The highest BCUT2D eigenvalue weighted by atomic mass is 16.3. The molecular weight excluding hydrogens is 252 g/mol. The van der Waals surface area contributed by atoms with Gasteiger partial charge in [0.25, 0.3) is 5.91 Å². The van der Waals surface area contributed by atoms with Gasteiger partial charge in [0.05, 0.1) is 5.60 Å². The first-order chi connectivity index (χ1) is 9.54. The topological polar surface area (TPSA) is 66.6 Å². The molecule has 1 aliphatic carbocycles. The highest BCUT2D eigenvalue weighted by molar-refractivity contribution is 5.94. The molecule has 3 N–H and O–H groups in total. The predicted molar refractivity (Wildman–Crippen MR) is 79.6 cm³/mol. The van der Waals surface area contributed by atoms with E-state index in [1.165, 1.54) is 0 Å². The molecule has 1 saturated carbocycles. The lowest BCUT2D eigenvalue weighted by Gasteiger charge is -2.28. The molecule has 1 aliphatic rings. The molecule has 0 unspecified atom stereocenters. The molecule has 4 heteroatoms. The van der Waals surface area contributed by atoms with Crippen LogP contribution in [0.15, 0.2) is 24.3 Å². The van der Waals surface area contributed by atoms with Crippen LogP contribution in [0, 0.1) is 0 Å². The SMILES string of the molecule is CN(CC1(O)CCCC1)C(=O)c1ccc(CCN)cc1. The van der Waals surface area contributed by atoms with Crippen molar-refractivity contribution in [1.29, 1.82) is 0 Å². The van der Waals surface area contributed by atoms with Crippen molar-refractivity contribution in [2.75, 3.05) is 20.1 Å². The highest BCUT2D eigenvalue weighted by Gasteiger charge is 2.33. The number of carbonyl (C=O) groups is 1. The van der Waals surface area contributed by atoms with E-state index in [1.807, 2.05) is 24.3 Å². The normalized spacial score (nSPS) is 17.1.